The van der Waals surface area contributed by atoms with Crippen LogP contribution in [-0.4, -0.2) is 11.1 Å². The third-order valence-electron chi connectivity index (χ3n) is 2.70. The molecule has 0 aliphatic rings. The Morgan fingerprint density at radius 2 is 1.76 bits per heavy atom. The van der Waals surface area contributed by atoms with E-state index < -0.39 is 5.97 Å². The van der Waals surface area contributed by atoms with Crippen LogP contribution < -0.4 is 5.73 Å². The van der Waals surface area contributed by atoms with E-state index in [9.17, 15) is 4.79 Å². The summed E-state index contributed by atoms with van der Waals surface area (Å²) in [5.41, 5.74) is 9.85. The van der Waals surface area contributed by atoms with Gasteiger partial charge in [0.2, 0.25) is 0 Å². The summed E-state index contributed by atoms with van der Waals surface area (Å²) in [6, 6.07) is 12.5. The number of nitrogens with two attached hydrogens (primary N) is 1. The van der Waals surface area contributed by atoms with E-state index in [0.717, 1.165) is 16.7 Å². The van der Waals surface area contributed by atoms with Crippen molar-refractivity contribution in [3.05, 3.63) is 53.6 Å². The van der Waals surface area contributed by atoms with Crippen LogP contribution in [0.15, 0.2) is 42.5 Å². The standard InChI is InChI=1S/C14H13NO2/c1-9-2-7-12(15)8-13(9)10-3-5-11(6-4-10)14(16)17/h2-8H,15H2,1H3,(H,16,17). The van der Waals surface area contributed by atoms with Crippen molar-refractivity contribution < 1.29 is 9.90 Å². The Labute approximate surface area is 99.5 Å². The van der Waals surface area contributed by atoms with Gasteiger partial charge in [-0.05, 0) is 47.9 Å². The fourth-order valence-corrected chi connectivity index (χ4v) is 1.74. The van der Waals surface area contributed by atoms with Crippen LogP contribution in [0.4, 0.5) is 5.69 Å². The van der Waals surface area contributed by atoms with Gasteiger partial charge in [0.15, 0.2) is 0 Å². The molecule has 2 aromatic carbocycles. The zero-order valence-corrected chi connectivity index (χ0v) is 9.47. The van der Waals surface area contributed by atoms with Crippen molar-refractivity contribution >= 4 is 11.7 Å². The van der Waals surface area contributed by atoms with Crippen LogP contribution in [0.25, 0.3) is 11.1 Å². The number of aromatic carboxylic acids is 1. The molecule has 0 atom stereocenters. The van der Waals surface area contributed by atoms with Crippen LogP contribution >= 0.6 is 0 Å². The van der Waals surface area contributed by atoms with Crippen molar-refractivity contribution in [2.45, 2.75) is 6.92 Å². The lowest BCUT2D eigenvalue weighted by Gasteiger charge is -2.07. The fourth-order valence-electron chi connectivity index (χ4n) is 1.74. The van der Waals surface area contributed by atoms with Gasteiger partial charge in [-0.25, -0.2) is 4.79 Å². The van der Waals surface area contributed by atoms with E-state index >= 15 is 0 Å². The molecular formula is C14H13NO2. The minimum absolute atomic E-state index is 0.287. The normalized spacial score (nSPS) is 10.2. The number of aryl methyl sites for hydroxylation is 1. The first kappa shape index (κ1) is 11.2. The van der Waals surface area contributed by atoms with Crippen LogP contribution in [0, 0.1) is 6.92 Å². The summed E-state index contributed by atoms with van der Waals surface area (Å²) >= 11 is 0. The van der Waals surface area contributed by atoms with E-state index in [1.165, 1.54) is 0 Å². The summed E-state index contributed by atoms with van der Waals surface area (Å²) in [5, 5.41) is 8.82. The maximum Gasteiger partial charge on any atom is 0.335 e. The number of carboxylic acid groups (broad SMARTS) is 1. The smallest absolute Gasteiger partial charge is 0.335 e. The van der Waals surface area contributed by atoms with E-state index in [0.29, 0.717) is 5.69 Å². The molecule has 2 aromatic rings. The molecule has 0 saturated heterocycles. The van der Waals surface area contributed by atoms with Gasteiger partial charge in [0.1, 0.15) is 0 Å². The lowest BCUT2D eigenvalue weighted by Crippen LogP contribution is -1.95. The second-order valence-corrected chi connectivity index (χ2v) is 3.96. The summed E-state index contributed by atoms with van der Waals surface area (Å²) in [6.07, 6.45) is 0. The lowest BCUT2D eigenvalue weighted by atomic mass is 9.99. The molecule has 3 N–H and O–H groups in total. The highest BCUT2D eigenvalue weighted by atomic mass is 16.4. The molecule has 17 heavy (non-hydrogen) atoms. The fraction of sp³-hybridized carbons (Fsp3) is 0.0714. The van der Waals surface area contributed by atoms with Gasteiger partial charge in [-0.3, -0.25) is 0 Å². The SMILES string of the molecule is Cc1ccc(N)cc1-c1ccc(C(=O)O)cc1. The summed E-state index contributed by atoms with van der Waals surface area (Å²) < 4.78 is 0. The largest absolute Gasteiger partial charge is 0.478 e. The number of rotatable bonds is 2. The van der Waals surface area contributed by atoms with Crippen LogP contribution in [0.1, 0.15) is 15.9 Å². The number of carbonyl (C=O) groups is 1. The molecule has 0 aromatic heterocycles. The summed E-state index contributed by atoms with van der Waals surface area (Å²) in [5.74, 6) is -0.916. The van der Waals surface area contributed by atoms with Crippen molar-refractivity contribution in [1.29, 1.82) is 0 Å². The average Bonchev–Trinajstić information content (AvgIpc) is 2.32. The molecule has 0 amide bonds. The molecule has 0 spiro atoms. The molecule has 3 nitrogen and oxygen atoms in total. The van der Waals surface area contributed by atoms with Gasteiger partial charge < -0.3 is 10.8 Å². The topological polar surface area (TPSA) is 63.3 Å². The van der Waals surface area contributed by atoms with Gasteiger partial charge in [0, 0.05) is 5.69 Å². The Kier molecular flexibility index (Phi) is 2.83. The lowest BCUT2D eigenvalue weighted by molar-refractivity contribution is 0.0697. The second-order valence-electron chi connectivity index (χ2n) is 3.96. The molecule has 0 bridgehead atoms. The second kappa shape index (κ2) is 4.29. The highest BCUT2D eigenvalue weighted by Gasteiger charge is 2.05. The summed E-state index contributed by atoms with van der Waals surface area (Å²) in [4.78, 5) is 10.7. The molecular weight excluding hydrogens is 214 g/mol. The highest BCUT2D eigenvalue weighted by molar-refractivity contribution is 5.88. The molecule has 0 saturated carbocycles. The number of nitrogen functional groups attached to an aromatic ring is 1. The number of hydrogen-bond donors (Lipinski definition) is 2. The molecule has 0 aliphatic heterocycles. The summed E-state index contributed by atoms with van der Waals surface area (Å²) in [7, 11) is 0. The molecule has 0 unspecified atom stereocenters. The maximum absolute atomic E-state index is 10.7. The molecule has 0 fully saturated rings. The van der Waals surface area contributed by atoms with Gasteiger partial charge >= 0.3 is 5.97 Å². The minimum Gasteiger partial charge on any atom is -0.478 e. The predicted molar refractivity (Wildman–Crippen MR) is 68.0 cm³/mol. The average molecular weight is 227 g/mol. The summed E-state index contributed by atoms with van der Waals surface area (Å²) in [6.45, 7) is 2.00. The van der Waals surface area contributed by atoms with E-state index in [1.54, 1.807) is 24.3 Å². The van der Waals surface area contributed by atoms with Crippen molar-refractivity contribution in [1.82, 2.24) is 0 Å². The van der Waals surface area contributed by atoms with Crippen molar-refractivity contribution in [2.75, 3.05) is 5.73 Å². The predicted octanol–water partition coefficient (Wildman–Crippen LogP) is 2.94. The Morgan fingerprint density at radius 3 is 2.35 bits per heavy atom. The highest BCUT2D eigenvalue weighted by Crippen LogP contribution is 2.25. The molecule has 2 rings (SSSR count). The van der Waals surface area contributed by atoms with Crippen molar-refractivity contribution in [3.8, 4) is 11.1 Å². The minimum atomic E-state index is -0.916. The Hall–Kier alpha value is -2.29. The maximum atomic E-state index is 10.7. The van der Waals surface area contributed by atoms with Gasteiger partial charge in [-0.2, -0.15) is 0 Å². The first-order valence-corrected chi connectivity index (χ1v) is 5.28. The van der Waals surface area contributed by atoms with Gasteiger partial charge in [0.05, 0.1) is 5.56 Å². The Balaban J connectivity index is 2.46. The molecule has 0 radical (unpaired) electrons. The number of hydrogen-bond acceptors (Lipinski definition) is 2. The van der Waals surface area contributed by atoms with Gasteiger partial charge in [-0.1, -0.05) is 18.2 Å². The van der Waals surface area contributed by atoms with E-state index in [2.05, 4.69) is 0 Å². The Morgan fingerprint density at radius 1 is 1.12 bits per heavy atom. The van der Waals surface area contributed by atoms with Gasteiger partial charge in [0.25, 0.3) is 0 Å². The van der Waals surface area contributed by atoms with Crippen molar-refractivity contribution in [3.63, 3.8) is 0 Å². The van der Waals surface area contributed by atoms with E-state index in [-0.39, 0.29) is 5.56 Å². The Bertz CT molecular complexity index is 559. The number of carboxylic acids is 1. The van der Waals surface area contributed by atoms with Crippen molar-refractivity contribution in [2.24, 2.45) is 0 Å². The van der Waals surface area contributed by atoms with Gasteiger partial charge in [-0.15, -0.1) is 0 Å². The first-order valence-electron chi connectivity index (χ1n) is 5.28. The third-order valence-corrected chi connectivity index (χ3v) is 2.70. The zero-order valence-electron chi connectivity index (χ0n) is 9.47. The number of anilines is 1. The van der Waals surface area contributed by atoms with E-state index in [4.69, 9.17) is 10.8 Å². The van der Waals surface area contributed by atoms with Crippen LogP contribution in [0.5, 0.6) is 0 Å². The van der Waals surface area contributed by atoms with Crippen LogP contribution in [0.2, 0.25) is 0 Å². The van der Waals surface area contributed by atoms with Crippen LogP contribution in [0.3, 0.4) is 0 Å². The zero-order chi connectivity index (χ0) is 12.4. The first-order chi connectivity index (χ1) is 8.08. The number of benzene rings is 2. The molecule has 3 heteroatoms. The van der Waals surface area contributed by atoms with E-state index in [1.807, 2.05) is 25.1 Å². The molecule has 0 heterocycles. The third kappa shape index (κ3) is 2.28. The monoisotopic (exact) mass is 227 g/mol. The molecule has 86 valence electrons. The molecule has 0 aliphatic carbocycles. The van der Waals surface area contributed by atoms with Crippen LogP contribution in [-0.2, 0) is 0 Å². The quantitative estimate of drug-likeness (QED) is 0.775.